The second-order valence-electron chi connectivity index (χ2n) is 6.43. The third-order valence-electron chi connectivity index (χ3n) is 4.17. The number of carbonyl (C=O) groups is 1. The van der Waals surface area contributed by atoms with Gasteiger partial charge in [-0.05, 0) is 51.5 Å². The lowest BCUT2D eigenvalue weighted by molar-refractivity contribution is -0.127. The molecule has 0 aliphatic carbocycles. The second-order valence-corrected chi connectivity index (χ2v) is 6.43. The van der Waals surface area contributed by atoms with Gasteiger partial charge >= 0.3 is 5.63 Å². The minimum Gasteiger partial charge on any atom is -0.481 e. The number of fused-ring (bicyclic) bond motifs is 1. The lowest BCUT2D eigenvalue weighted by Gasteiger charge is -2.13. The van der Waals surface area contributed by atoms with E-state index in [0.717, 1.165) is 27.9 Å². The van der Waals surface area contributed by atoms with Crippen LogP contribution in [0.2, 0.25) is 0 Å². The quantitative estimate of drug-likeness (QED) is 0.412. The molecule has 2 N–H and O–H groups in total. The van der Waals surface area contributed by atoms with Gasteiger partial charge in [0, 0.05) is 34.5 Å². The molecule has 0 aliphatic heterocycles. The average Bonchev–Trinajstić information content (AvgIpc) is 2.91. The molecule has 1 atom stereocenters. The van der Waals surface area contributed by atoms with Crippen molar-refractivity contribution in [3.8, 4) is 5.75 Å². The Balaban J connectivity index is 1.66. The molecule has 3 aromatic rings. The molecule has 0 saturated heterocycles. The van der Waals surface area contributed by atoms with E-state index in [2.05, 4.69) is 15.5 Å². The predicted molar refractivity (Wildman–Crippen MR) is 103 cm³/mol. The summed E-state index contributed by atoms with van der Waals surface area (Å²) in [4.78, 5) is 26.8. The number of ether oxygens (including phenoxy) is 1. The zero-order valence-electron chi connectivity index (χ0n) is 15.6. The fourth-order valence-electron chi connectivity index (χ4n) is 2.77. The number of hydrogen-bond donors (Lipinski definition) is 2. The van der Waals surface area contributed by atoms with Crippen molar-refractivity contribution in [2.45, 2.75) is 33.8 Å². The maximum atomic E-state index is 12.2. The monoisotopic (exact) mass is 367 g/mol. The SMILES string of the molecule is Cc1cc(/C=N/NC(=O)[C@H](C)Oc2ccc3c(C)cc(=O)oc3c2)c(C)[nH]1. The van der Waals surface area contributed by atoms with E-state index in [9.17, 15) is 9.59 Å². The molecule has 2 aromatic heterocycles. The maximum absolute atomic E-state index is 12.2. The molecule has 140 valence electrons. The number of nitrogens with zero attached hydrogens (tertiary/aromatic N) is 1. The van der Waals surface area contributed by atoms with Gasteiger partial charge in [0.2, 0.25) is 0 Å². The molecule has 1 amide bonds. The first-order valence-electron chi connectivity index (χ1n) is 8.54. The first kappa shape index (κ1) is 18.4. The Labute approximate surface area is 156 Å². The lowest BCUT2D eigenvalue weighted by atomic mass is 10.1. The summed E-state index contributed by atoms with van der Waals surface area (Å²) in [5.74, 6) is 0.0435. The predicted octanol–water partition coefficient (Wildman–Crippen LogP) is 2.96. The highest BCUT2D eigenvalue weighted by Gasteiger charge is 2.15. The van der Waals surface area contributed by atoms with Crippen LogP contribution in [0.15, 0.2) is 44.6 Å². The Kier molecular flexibility index (Phi) is 5.12. The molecule has 1 aromatic carbocycles. The highest BCUT2D eigenvalue weighted by Crippen LogP contribution is 2.23. The summed E-state index contributed by atoms with van der Waals surface area (Å²) in [6.45, 7) is 7.34. The van der Waals surface area contributed by atoms with E-state index >= 15 is 0 Å². The molecule has 0 bridgehead atoms. The van der Waals surface area contributed by atoms with Gasteiger partial charge in [0.05, 0.1) is 6.21 Å². The van der Waals surface area contributed by atoms with Crippen molar-refractivity contribution in [1.29, 1.82) is 0 Å². The molecule has 0 radical (unpaired) electrons. The third-order valence-corrected chi connectivity index (χ3v) is 4.17. The fourth-order valence-corrected chi connectivity index (χ4v) is 2.77. The van der Waals surface area contributed by atoms with Crippen LogP contribution in [-0.4, -0.2) is 23.2 Å². The molecule has 0 spiro atoms. The lowest BCUT2D eigenvalue weighted by Crippen LogP contribution is -2.33. The number of aromatic amines is 1. The summed E-state index contributed by atoms with van der Waals surface area (Å²) in [5.41, 5.74) is 6.18. The van der Waals surface area contributed by atoms with Gasteiger partial charge in [0.1, 0.15) is 11.3 Å². The topological polar surface area (TPSA) is 96.7 Å². The summed E-state index contributed by atoms with van der Waals surface area (Å²) in [7, 11) is 0. The van der Waals surface area contributed by atoms with Crippen LogP contribution in [0.5, 0.6) is 5.75 Å². The number of aromatic nitrogens is 1. The van der Waals surface area contributed by atoms with Gasteiger partial charge in [-0.1, -0.05) is 0 Å². The van der Waals surface area contributed by atoms with E-state index in [0.29, 0.717) is 11.3 Å². The number of hydrogen-bond acceptors (Lipinski definition) is 5. The van der Waals surface area contributed by atoms with E-state index in [1.54, 1.807) is 31.3 Å². The standard InChI is InChI=1S/C20H21N3O4/c1-11-7-19(24)27-18-9-16(5-6-17(11)18)26-14(4)20(25)23-21-10-15-8-12(2)22-13(15)3/h5-10,14,22H,1-4H3,(H,23,25)/b21-10+/t14-/m0/s1. The van der Waals surface area contributed by atoms with Gasteiger partial charge in [-0.15, -0.1) is 0 Å². The van der Waals surface area contributed by atoms with Gasteiger partial charge in [-0.25, -0.2) is 10.2 Å². The number of H-pyrrole nitrogens is 1. The largest absolute Gasteiger partial charge is 0.481 e. The van der Waals surface area contributed by atoms with Crippen LogP contribution in [0.4, 0.5) is 0 Å². The smallest absolute Gasteiger partial charge is 0.336 e. The Bertz CT molecular complexity index is 1080. The molecule has 0 fully saturated rings. The Morgan fingerprint density at radius 1 is 1.26 bits per heavy atom. The van der Waals surface area contributed by atoms with Crippen LogP contribution in [0.3, 0.4) is 0 Å². The number of benzene rings is 1. The van der Waals surface area contributed by atoms with Gasteiger partial charge in [0.15, 0.2) is 6.10 Å². The first-order chi connectivity index (χ1) is 12.8. The van der Waals surface area contributed by atoms with E-state index in [-0.39, 0.29) is 5.91 Å². The van der Waals surface area contributed by atoms with Crippen LogP contribution >= 0.6 is 0 Å². The van der Waals surface area contributed by atoms with Crippen molar-refractivity contribution in [1.82, 2.24) is 10.4 Å². The van der Waals surface area contributed by atoms with Gasteiger partial charge in [-0.2, -0.15) is 5.10 Å². The highest BCUT2D eigenvalue weighted by atomic mass is 16.5. The minimum absolute atomic E-state index is 0.387. The molecule has 0 saturated carbocycles. The molecular weight excluding hydrogens is 346 g/mol. The summed E-state index contributed by atoms with van der Waals surface area (Å²) in [6, 6.07) is 8.50. The van der Waals surface area contributed by atoms with Crippen LogP contribution < -0.4 is 15.8 Å². The molecule has 0 unspecified atom stereocenters. The van der Waals surface area contributed by atoms with Crippen molar-refractivity contribution in [2.75, 3.05) is 0 Å². The van der Waals surface area contributed by atoms with Gasteiger partial charge in [0.25, 0.3) is 5.91 Å². The highest BCUT2D eigenvalue weighted by molar-refractivity contribution is 5.85. The second kappa shape index (κ2) is 7.49. The van der Waals surface area contributed by atoms with Crippen molar-refractivity contribution in [3.05, 3.63) is 63.3 Å². The number of carbonyl (C=O) groups excluding carboxylic acids is 1. The third kappa shape index (κ3) is 4.25. The van der Waals surface area contributed by atoms with Crippen LogP contribution in [0.1, 0.15) is 29.4 Å². The molecule has 7 heteroatoms. The molecule has 2 heterocycles. The van der Waals surface area contributed by atoms with Crippen LogP contribution in [0.25, 0.3) is 11.0 Å². The minimum atomic E-state index is -0.773. The molecule has 3 rings (SSSR count). The Morgan fingerprint density at radius 2 is 2.04 bits per heavy atom. The Hall–Kier alpha value is -3.35. The fraction of sp³-hybridized carbons (Fsp3) is 0.250. The summed E-state index contributed by atoms with van der Waals surface area (Å²) in [6.07, 6.45) is 0.807. The molecular formula is C20H21N3O4. The number of aryl methyl sites for hydroxylation is 3. The summed E-state index contributed by atoms with van der Waals surface area (Å²) in [5, 5.41) is 4.79. The molecule has 27 heavy (non-hydrogen) atoms. The van der Waals surface area contributed by atoms with E-state index in [4.69, 9.17) is 9.15 Å². The zero-order chi connectivity index (χ0) is 19.6. The van der Waals surface area contributed by atoms with Crippen molar-refractivity contribution in [3.63, 3.8) is 0 Å². The van der Waals surface area contributed by atoms with Crippen LogP contribution in [0, 0.1) is 20.8 Å². The molecule has 7 nitrogen and oxygen atoms in total. The van der Waals surface area contributed by atoms with Gasteiger partial charge < -0.3 is 14.1 Å². The van der Waals surface area contributed by atoms with Gasteiger partial charge in [-0.3, -0.25) is 4.79 Å². The summed E-state index contributed by atoms with van der Waals surface area (Å²) >= 11 is 0. The number of nitrogens with one attached hydrogen (secondary N) is 2. The van der Waals surface area contributed by atoms with E-state index in [1.165, 1.54) is 6.07 Å². The number of amides is 1. The maximum Gasteiger partial charge on any atom is 0.336 e. The van der Waals surface area contributed by atoms with E-state index < -0.39 is 11.7 Å². The Morgan fingerprint density at radius 3 is 2.74 bits per heavy atom. The zero-order valence-corrected chi connectivity index (χ0v) is 15.6. The van der Waals surface area contributed by atoms with Crippen molar-refractivity contribution in [2.24, 2.45) is 5.10 Å². The van der Waals surface area contributed by atoms with E-state index in [1.807, 2.05) is 26.8 Å². The average molecular weight is 367 g/mol. The van der Waals surface area contributed by atoms with Crippen LogP contribution in [-0.2, 0) is 4.79 Å². The normalized spacial score (nSPS) is 12.4. The first-order valence-corrected chi connectivity index (χ1v) is 8.54. The number of rotatable bonds is 5. The summed E-state index contributed by atoms with van der Waals surface area (Å²) < 4.78 is 10.8. The molecule has 0 aliphatic rings. The number of hydrazone groups is 1. The van der Waals surface area contributed by atoms with Crippen molar-refractivity contribution < 1.29 is 13.9 Å². The van der Waals surface area contributed by atoms with Crippen molar-refractivity contribution >= 4 is 23.1 Å².